The molecule has 152 valence electrons. The van der Waals surface area contributed by atoms with Crippen molar-refractivity contribution in [3.63, 3.8) is 0 Å². The molecule has 2 heterocycles. The quantitative estimate of drug-likeness (QED) is 0.537. The first-order valence-corrected chi connectivity index (χ1v) is 12.0. The van der Waals surface area contributed by atoms with Crippen LogP contribution in [0.15, 0.2) is 53.0 Å². The third kappa shape index (κ3) is 5.08. The predicted molar refractivity (Wildman–Crippen MR) is 119 cm³/mol. The van der Waals surface area contributed by atoms with Crippen molar-refractivity contribution in [2.45, 2.75) is 43.3 Å². The van der Waals surface area contributed by atoms with Crippen molar-refractivity contribution in [2.24, 2.45) is 13.0 Å². The van der Waals surface area contributed by atoms with E-state index in [0.717, 1.165) is 22.3 Å². The number of carbonyl (C=O) groups excluding carboxylic acids is 1. The van der Waals surface area contributed by atoms with E-state index in [1.807, 2.05) is 35.2 Å². The van der Waals surface area contributed by atoms with E-state index in [1.165, 1.54) is 43.0 Å². The number of rotatable bonds is 8. The number of thioether (sulfide) groups is 1. The molecule has 1 saturated carbocycles. The van der Waals surface area contributed by atoms with Crippen LogP contribution in [-0.2, 0) is 18.3 Å². The topological polar surface area (TPSA) is 59.8 Å². The molecule has 29 heavy (non-hydrogen) atoms. The zero-order valence-electron chi connectivity index (χ0n) is 16.6. The van der Waals surface area contributed by atoms with Crippen molar-refractivity contribution in [2.75, 3.05) is 5.75 Å². The van der Waals surface area contributed by atoms with Crippen molar-refractivity contribution < 1.29 is 4.79 Å². The highest BCUT2D eigenvalue weighted by molar-refractivity contribution is 7.99. The molecule has 3 aromatic rings. The van der Waals surface area contributed by atoms with E-state index in [9.17, 15) is 4.79 Å². The molecule has 1 N–H and O–H groups in total. The van der Waals surface area contributed by atoms with Gasteiger partial charge in [0.25, 0.3) is 0 Å². The summed E-state index contributed by atoms with van der Waals surface area (Å²) in [6.45, 7) is 0. The lowest BCUT2D eigenvalue weighted by Gasteiger charge is -2.25. The number of benzene rings is 1. The highest BCUT2D eigenvalue weighted by Crippen LogP contribution is 2.30. The molecule has 1 unspecified atom stereocenters. The zero-order valence-corrected chi connectivity index (χ0v) is 18.2. The van der Waals surface area contributed by atoms with Gasteiger partial charge in [0, 0.05) is 13.1 Å². The molecule has 1 fully saturated rings. The van der Waals surface area contributed by atoms with E-state index in [4.69, 9.17) is 0 Å². The van der Waals surface area contributed by atoms with Crippen molar-refractivity contribution in [3.8, 4) is 10.7 Å². The number of aromatic nitrogens is 3. The maximum Gasteiger partial charge on any atom is 0.230 e. The summed E-state index contributed by atoms with van der Waals surface area (Å²) in [6, 6.07) is 14.7. The average Bonchev–Trinajstić information content (AvgIpc) is 3.49. The van der Waals surface area contributed by atoms with Gasteiger partial charge < -0.3 is 9.88 Å². The Bertz CT molecular complexity index is 918. The lowest BCUT2D eigenvalue weighted by Crippen LogP contribution is -2.42. The van der Waals surface area contributed by atoms with Gasteiger partial charge in [-0.25, -0.2) is 0 Å². The Balaban J connectivity index is 1.37. The molecule has 2 aromatic heterocycles. The minimum absolute atomic E-state index is 0.0727. The van der Waals surface area contributed by atoms with Gasteiger partial charge in [0.1, 0.15) is 0 Å². The molecular weight excluding hydrogens is 400 g/mol. The third-order valence-electron chi connectivity index (χ3n) is 5.52. The number of amides is 1. The van der Waals surface area contributed by atoms with Gasteiger partial charge in [0.2, 0.25) is 5.91 Å². The normalized spacial score (nSPS) is 15.5. The summed E-state index contributed by atoms with van der Waals surface area (Å²) in [5, 5.41) is 14.7. The first-order valence-electron chi connectivity index (χ1n) is 10.1. The smallest absolute Gasteiger partial charge is 0.230 e. The molecule has 1 aromatic carbocycles. The van der Waals surface area contributed by atoms with Crippen LogP contribution in [0.5, 0.6) is 0 Å². The Morgan fingerprint density at radius 1 is 1.21 bits per heavy atom. The first kappa shape index (κ1) is 20.2. The molecule has 0 bridgehead atoms. The summed E-state index contributed by atoms with van der Waals surface area (Å²) in [7, 11) is 1.95. The van der Waals surface area contributed by atoms with Gasteiger partial charge in [0.15, 0.2) is 11.0 Å². The Kier molecular flexibility index (Phi) is 6.67. The second-order valence-electron chi connectivity index (χ2n) is 7.54. The highest BCUT2D eigenvalue weighted by Gasteiger charge is 2.26. The van der Waals surface area contributed by atoms with Gasteiger partial charge in [-0.05, 0) is 42.2 Å². The fourth-order valence-electron chi connectivity index (χ4n) is 4.00. The second-order valence-corrected chi connectivity index (χ2v) is 9.43. The van der Waals surface area contributed by atoms with E-state index in [1.54, 1.807) is 11.3 Å². The monoisotopic (exact) mass is 426 g/mol. The van der Waals surface area contributed by atoms with Crippen molar-refractivity contribution in [1.82, 2.24) is 20.1 Å². The Morgan fingerprint density at radius 3 is 2.72 bits per heavy atom. The molecule has 5 nitrogen and oxygen atoms in total. The summed E-state index contributed by atoms with van der Waals surface area (Å²) >= 11 is 3.09. The molecule has 1 amide bonds. The van der Waals surface area contributed by atoms with Crippen LogP contribution in [0.1, 0.15) is 31.2 Å². The van der Waals surface area contributed by atoms with Crippen LogP contribution >= 0.6 is 23.1 Å². The van der Waals surface area contributed by atoms with E-state index >= 15 is 0 Å². The molecule has 4 rings (SSSR count). The zero-order chi connectivity index (χ0) is 20.1. The van der Waals surface area contributed by atoms with Crippen LogP contribution in [0, 0.1) is 5.92 Å². The molecule has 1 aliphatic carbocycles. The summed E-state index contributed by atoms with van der Waals surface area (Å²) < 4.78 is 1.96. The fourth-order valence-corrected chi connectivity index (χ4v) is 5.47. The maximum atomic E-state index is 12.7. The van der Waals surface area contributed by atoms with Crippen LogP contribution in [0.2, 0.25) is 0 Å². The SMILES string of the molecule is Cn1c(SCC(=O)NC(Cc2ccccc2)C2CCCC2)nnc1-c1cccs1. The number of nitrogens with zero attached hydrogens (tertiary/aromatic N) is 3. The maximum absolute atomic E-state index is 12.7. The van der Waals surface area contributed by atoms with Crippen LogP contribution in [0.4, 0.5) is 0 Å². The second kappa shape index (κ2) is 9.59. The van der Waals surface area contributed by atoms with Crippen molar-refractivity contribution >= 4 is 29.0 Å². The Hall–Kier alpha value is -2.12. The van der Waals surface area contributed by atoms with E-state index in [-0.39, 0.29) is 11.9 Å². The van der Waals surface area contributed by atoms with Gasteiger partial charge in [-0.15, -0.1) is 21.5 Å². The van der Waals surface area contributed by atoms with Crippen molar-refractivity contribution in [1.29, 1.82) is 0 Å². The van der Waals surface area contributed by atoms with E-state index in [0.29, 0.717) is 11.7 Å². The molecule has 1 atom stereocenters. The van der Waals surface area contributed by atoms with Crippen LogP contribution in [0.25, 0.3) is 10.7 Å². The average molecular weight is 427 g/mol. The lowest BCUT2D eigenvalue weighted by molar-refractivity contribution is -0.119. The molecule has 0 spiro atoms. The molecule has 7 heteroatoms. The van der Waals surface area contributed by atoms with Crippen LogP contribution < -0.4 is 5.32 Å². The number of nitrogens with one attached hydrogen (secondary N) is 1. The third-order valence-corrected chi connectivity index (χ3v) is 7.41. The summed E-state index contributed by atoms with van der Waals surface area (Å²) in [6.07, 6.45) is 5.85. The number of thiophene rings is 1. The number of hydrogen-bond acceptors (Lipinski definition) is 5. The number of carbonyl (C=O) groups is 1. The lowest BCUT2D eigenvalue weighted by atomic mass is 9.92. The van der Waals surface area contributed by atoms with E-state index in [2.05, 4.69) is 39.8 Å². The summed E-state index contributed by atoms with van der Waals surface area (Å²) in [5.41, 5.74) is 1.28. The van der Waals surface area contributed by atoms with Gasteiger partial charge in [-0.2, -0.15) is 0 Å². The Morgan fingerprint density at radius 2 is 2.00 bits per heavy atom. The summed E-state index contributed by atoms with van der Waals surface area (Å²) in [5.74, 6) is 1.85. The largest absolute Gasteiger partial charge is 0.352 e. The van der Waals surface area contributed by atoms with Gasteiger partial charge in [-0.3, -0.25) is 4.79 Å². The van der Waals surface area contributed by atoms with Crippen LogP contribution in [0.3, 0.4) is 0 Å². The van der Waals surface area contributed by atoms with E-state index < -0.39 is 0 Å². The minimum atomic E-state index is 0.0727. The van der Waals surface area contributed by atoms with Crippen LogP contribution in [-0.4, -0.2) is 32.5 Å². The minimum Gasteiger partial charge on any atom is -0.352 e. The highest BCUT2D eigenvalue weighted by atomic mass is 32.2. The van der Waals surface area contributed by atoms with Gasteiger partial charge >= 0.3 is 0 Å². The van der Waals surface area contributed by atoms with Crippen molar-refractivity contribution in [3.05, 3.63) is 53.4 Å². The fraction of sp³-hybridized carbons (Fsp3) is 0.409. The molecular formula is C22H26N4OS2. The standard InChI is InChI=1S/C22H26N4OS2/c1-26-21(19-12-7-13-28-19)24-25-22(26)29-15-20(27)23-18(17-10-5-6-11-17)14-16-8-3-2-4-9-16/h2-4,7-9,12-13,17-18H,5-6,10-11,14-15H2,1H3,(H,23,27). The Labute approximate surface area is 179 Å². The van der Waals surface area contributed by atoms with Gasteiger partial charge in [-0.1, -0.05) is 61.0 Å². The molecule has 1 aliphatic rings. The molecule has 0 radical (unpaired) electrons. The summed E-state index contributed by atoms with van der Waals surface area (Å²) in [4.78, 5) is 13.8. The predicted octanol–water partition coefficient (Wildman–Crippen LogP) is 4.55. The molecule has 0 aliphatic heterocycles. The van der Waals surface area contributed by atoms with Gasteiger partial charge in [0.05, 0.1) is 10.6 Å². The first-order chi connectivity index (χ1) is 14.2. The number of hydrogen-bond donors (Lipinski definition) is 1. The molecule has 0 saturated heterocycles.